The van der Waals surface area contributed by atoms with Crippen molar-refractivity contribution in [1.29, 1.82) is 0 Å². The molecule has 1 aromatic heterocycles. The number of nitrogens with zero attached hydrogens (tertiary/aromatic N) is 2. The van der Waals surface area contributed by atoms with Gasteiger partial charge in [0.25, 0.3) is 5.91 Å². The second kappa shape index (κ2) is 8.07. The van der Waals surface area contributed by atoms with E-state index in [1.165, 1.54) is 12.8 Å². The lowest BCUT2D eigenvalue weighted by atomic mass is 10.1. The second-order valence-electron chi connectivity index (χ2n) is 6.99. The monoisotopic (exact) mass is 395 g/mol. The molecule has 6 heteroatoms. The average molecular weight is 396 g/mol. The van der Waals surface area contributed by atoms with E-state index in [-0.39, 0.29) is 12.5 Å². The number of imidazole rings is 1. The summed E-state index contributed by atoms with van der Waals surface area (Å²) in [6.45, 7) is 2.83. The molecular formula is C22H22ClN3O2. The van der Waals surface area contributed by atoms with Crippen molar-refractivity contribution in [2.75, 3.05) is 11.9 Å². The van der Waals surface area contributed by atoms with Crippen molar-refractivity contribution in [3.05, 3.63) is 65.1 Å². The van der Waals surface area contributed by atoms with Gasteiger partial charge in [0.05, 0.1) is 11.4 Å². The van der Waals surface area contributed by atoms with Crippen LogP contribution in [-0.4, -0.2) is 22.1 Å². The zero-order chi connectivity index (χ0) is 19.5. The summed E-state index contributed by atoms with van der Waals surface area (Å²) in [6, 6.07) is 13.1. The molecule has 1 amide bonds. The average Bonchev–Trinajstić information content (AvgIpc) is 3.13. The molecule has 1 aliphatic rings. The number of carbonyl (C=O) groups excluding carboxylic acids is 1. The number of amides is 1. The van der Waals surface area contributed by atoms with Gasteiger partial charge in [-0.05, 0) is 49.6 Å². The number of fused-ring (bicyclic) bond motifs is 1. The molecule has 3 aromatic rings. The van der Waals surface area contributed by atoms with E-state index in [1.807, 2.05) is 37.3 Å². The first-order chi connectivity index (χ1) is 13.6. The normalized spacial score (nSPS) is 13.1. The topological polar surface area (TPSA) is 56.1 Å². The summed E-state index contributed by atoms with van der Waals surface area (Å²) in [5, 5.41) is 3.62. The number of benzene rings is 2. The molecule has 0 spiro atoms. The molecule has 2 heterocycles. The molecule has 1 aliphatic heterocycles. The van der Waals surface area contributed by atoms with E-state index in [4.69, 9.17) is 21.3 Å². The predicted octanol–water partition coefficient (Wildman–Crippen LogP) is 4.87. The van der Waals surface area contributed by atoms with Crippen molar-refractivity contribution in [2.24, 2.45) is 0 Å². The Labute approximate surface area is 169 Å². The molecule has 144 valence electrons. The van der Waals surface area contributed by atoms with Gasteiger partial charge in [-0.1, -0.05) is 29.8 Å². The maximum Gasteiger partial charge on any atom is 0.262 e. The van der Waals surface area contributed by atoms with Crippen molar-refractivity contribution < 1.29 is 9.53 Å². The Bertz CT molecular complexity index is 989. The fourth-order valence-corrected chi connectivity index (χ4v) is 3.52. The lowest BCUT2D eigenvalue weighted by Crippen LogP contribution is -2.20. The number of rotatable bonds is 5. The molecule has 28 heavy (non-hydrogen) atoms. The van der Waals surface area contributed by atoms with Gasteiger partial charge in [0, 0.05) is 29.7 Å². The highest BCUT2D eigenvalue weighted by molar-refractivity contribution is 6.31. The zero-order valence-corrected chi connectivity index (χ0v) is 16.5. The summed E-state index contributed by atoms with van der Waals surface area (Å²) < 4.78 is 7.81. The smallest absolute Gasteiger partial charge is 0.262 e. The molecule has 0 bridgehead atoms. The molecule has 4 rings (SSSR count). The third kappa shape index (κ3) is 4.04. The van der Waals surface area contributed by atoms with Gasteiger partial charge in [0.15, 0.2) is 6.61 Å². The first-order valence-electron chi connectivity index (χ1n) is 9.44. The van der Waals surface area contributed by atoms with Crippen molar-refractivity contribution in [2.45, 2.75) is 32.7 Å². The molecule has 0 unspecified atom stereocenters. The lowest BCUT2D eigenvalue weighted by molar-refractivity contribution is -0.118. The molecule has 1 N–H and O–H groups in total. The van der Waals surface area contributed by atoms with Crippen LogP contribution in [0, 0.1) is 6.92 Å². The third-order valence-corrected chi connectivity index (χ3v) is 5.31. The number of aromatic nitrogens is 2. The summed E-state index contributed by atoms with van der Waals surface area (Å²) in [7, 11) is 0. The van der Waals surface area contributed by atoms with Crippen LogP contribution >= 0.6 is 11.6 Å². The number of carbonyl (C=O) groups is 1. The van der Waals surface area contributed by atoms with E-state index >= 15 is 0 Å². The van der Waals surface area contributed by atoms with Crippen LogP contribution < -0.4 is 10.1 Å². The van der Waals surface area contributed by atoms with Crippen LogP contribution in [-0.2, 0) is 17.8 Å². The largest absolute Gasteiger partial charge is 0.484 e. The molecule has 0 radical (unpaired) electrons. The fraction of sp³-hybridized carbons (Fsp3) is 0.273. The Balaban J connectivity index is 1.46. The number of halogens is 1. The van der Waals surface area contributed by atoms with Gasteiger partial charge in [0.2, 0.25) is 0 Å². The van der Waals surface area contributed by atoms with Crippen LogP contribution in [0.3, 0.4) is 0 Å². The van der Waals surface area contributed by atoms with E-state index in [1.54, 1.807) is 12.1 Å². The number of ether oxygens (including phenoxy) is 1. The molecule has 0 saturated carbocycles. The number of anilines is 1. The van der Waals surface area contributed by atoms with Gasteiger partial charge in [-0.25, -0.2) is 4.98 Å². The maximum absolute atomic E-state index is 12.4. The Morgan fingerprint density at radius 1 is 1.25 bits per heavy atom. The van der Waals surface area contributed by atoms with E-state index in [9.17, 15) is 4.79 Å². The Hall–Kier alpha value is -2.79. The highest BCUT2D eigenvalue weighted by Crippen LogP contribution is 2.29. The summed E-state index contributed by atoms with van der Waals surface area (Å²) in [5.74, 6) is 1.51. The summed E-state index contributed by atoms with van der Waals surface area (Å²) in [5.41, 5.74) is 3.45. The van der Waals surface area contributed by atoms with Gasteiger partial charge >= 0.3 is 0 Å². The molecule has 2 aromatic carbocycles. The van der Waals surface area contributed by atoms with Gasteiger partial charge in [-0.3, -0.25) is 4.79 Å². The van der Waals surface area contributed by atoms with Crippen LogP contribution in [0.1, 0.15) is 24.2 Å². The number of aryl methyl sites for hydroxylation is 3. The number of para-hydroxylation sites is 1. The quantitative estimate of drug-likeness (QED) is 0.670. The standard InChI is InChI=1S/C22H22ClN3O2/c1-15-12-16(9-10-18(15)23)28-14-22(27)25-19-7-3-2-6-17(19)20-13-26-11-5-4-8-21(26)24-20/h2-3,6-7,9-10,12-13H,4-5,8,11,14H2,1H3,(H,25,27). The Morgan fingerprint density at radius 2 is 2.11 bits per heavy atom. The zero-order valence-electron chi connectivity index (χ0n) is 15.7. The SMILES string of the molecule is Cc1cc(OCC(=O)Nc2ccccc2-c2cn3c(n2)CCCC3)ccc1Cl. The van der Waals surface area contributed by atoms with Crippen LogP contribution in [0.4, 0.5) is 5.69 Å². The van der Waals surface area contributed by atoms with Crippen molar-refractivity contribution in [1.82, 2.24) is 9.55 Å². The number of nitrogens with one attached hydrogen (secondary N) is 1. The maximum atomic E-state index is 12.4. The number of hydrogen-bond acceptors (Lipinski definition) is 3. The Kier molecular flexibility index (Phi) is 5.35. The fourth-order valence-electron chi connectivity index (χ4n) is 3.40. The minimum Gasteiger partial charge on any atom is -0.484 e. The van der Waals surface area contributed by atoms with Gasteiger partial charge in [-0.2, -0.15) is 0 Å². The molecular weight excluding hydrogens is 374 g/mol. The first kappa shape index (κ1) is 18.6. The van der Waals surface area contributed by atoms with E-state index in [2.05, 4.69) is 16.1 Å². The van der Waals surface area contributed by atoms with Gasteiger partial charge in [-0.15, -0.1) is 0 Å². The van der Waals surface area contributed by atoms with Crippen LogP contribution in [0.25, 0.3) is 11.3 Å². The van der Waals surface area contributed by atoms with Crippen molar-refractivity contribution in [3.63, 3.8) is 0 Å². The van der Waals surface area contributed by atoms with Crippen molar-refractivity contribution >= 4 is 23.2 Å². The lowest BCUT2D eigenvalue weighted by Gasteiger charge is -2.11. The number of hydrogen-bond donors (Lipinski definition) is 1. The third-order valence-electron chi connectivity index (χ3n) is 4.89. The highest BCUT2D eigenvalue weighted by atomic mass is 35.5. The van der Waals surface area contributed by atoms with Crippen LogP contribution in [0.2, 0.25) is 5.02 Å². The summed E-state index contributed by atoms with van der Waals surface area (Å²) >= 11 is 6.02. The molecule has 0 fully saturated rings. The molecule has 0 saturated heterocycles. The van der Waals surface area contributed by atoms with Crippen LogP contribution in [0.5, 0.6) is 5.75 Å². The molecule has 5 nitrogen and oxygen atoms in total. The minimum atomic E-state index is -0.218. The molecule has 0 aliphatic carbocycles. The van der Waals surface area contributed by atoms with Crippen LogP contribution in [0.15, 0.2) is 48.7 Å². The van der Waals surface area contributed by atoms with E-state index in [0.29, 0.717) is 10.8 Å². The van der Waals surface area contributed by atoms with E-state index in [0.717, 1.165) is 41.3 Å². The van der Waals surface area contributed by atoms with Crippen molar-refractivity contribution in [3.8, 4) is 17.0 Å². The summed E-state index contributed by atoms with van der Waals surface area (Å²) in [6.07, 6.45) is 5.44. The second-order valence-corrected chi connectivity index (χ2v) is 7.39. The Morgan fingerprint density at radius 3 is 2.93 bits per heavy atom. The minimum absolute atomic E-state index is 0.0743. The van der Waals surface area contributed by atoms with Gasteiger partial charge < -0.3 is 14.6 Å². The van der Waals surface area contributed by atoms with Gasteiger partial charge in [0.1, 0.15) is 11.6 Å². The summed E-state index contributed by atoms with van der Waals surface area (Å²) in [4.78, 5) is 17.2. The van der Waals surface area contributed by atoms with E-state index < -0.39 is 0 Å². The first-order valence-corrected chi connectivity index (χ1v) is 9.82. The highest BCUT2D eigenvalue weighted by Gasteiger charge is 2.16. The predicted molar refractivity (Wildman–Crippen MR) is 111 cm³/mol. The molecule has 0 atom stereocenters.